The van der Waals surface area contributed by atoms with Crippen LogP contribution in [0.4, 0.5) is 10.1 Å². The fourth-order valence-corrected chi connectivity index (χ4v) is 3.07. The number of anilines is 1. The van der Waals surface area contributed by atoms with E-state index in [9.17, 15) is 9.18 Å². The number of hydrogen-bond donors (Lipinski definition) is 1. The summed E-state index contributed by atoms with van der Waals surface area (Å²) in [5, 5.41) is 2.73. The van der Waals surface area contributed by atoms with Crippen LogP contribution in [0.3, 0.4) is 0 Å². The summed E-state index contributed by atoms with van der Waals surface area (Å²) in [4.78, 5) is 22.1. The largest absolute Gasteiger partial charge is 0.372 e. The third-order valence-electron chi connectivity index (χ3n) is 4.24. The monoisotopic (exact) mass is 358 g/mol. The molecular weight excluding hydrogens is 335 g/mol. The van der Waals surface area contributed by atoms with Crippen molar-refractivity contribution in [3.63, 3.8) is 0 Å². The van der Waals surface area contributed by atoms with Gasteiger partial charge in [0, 0.05) is 25.8 Å². The van der Waals surface area contributed by atoms with Gasteiger partial charge >= 0.3 is 0 Å². The molecule has 0 aliphatic carbocycles. The molecule has 1 aliphatic rings. The van der Waals surface area contributed by atoms with Gasteiger partial charge in [-0.05, 0) is 38.5 Å². The number of aromatic nitrogens is 2. The van der Waals surface area contributed by atoms with Crippen molar-refractivity contribution in [2.24, 2.45) is 0 Å². The van der Waals surface area contributed by atoms with Crippen LogP contribution in [0, 0.1) is 12.7 Å². The first kappa shape index (κ1) is 18.3. The maximum absolute atomic E-state index is 14.6. The van der Waals surface area contributed by atoms with Crippen molar-refractivity contribution in [1.29, 1.82) is 0 Å². The second-order valence-electron chi connectivity index (χ2n) is 6.67. The Morgan fingerprint density at radius 1 is 1.27 bits per heavy atom. The number of ether oxygens (including phenoxy) is 1. The van der Waals surface area contributed by atoms with Gasteiger partial charge < -0.3 is 15.0 Å². The number of nitrogens with zero attached hydrogens (tertiary/aromatic N) is 3. The predicted molar refractivity (Wildman–Crippen MR) is 96.6 cm³/mol. The van der Waals surface area contributed by atoms with Crippen LogP contribution < -0.4 is 10.2 Å². The maximum Gasteiger partial charge on any atom is 0.271 e. The second-order valence-corrected chi connectivity index (χ2v) is 6.67. The van der Waals surface area contributed by atoms with Crippen molar-refractivity contribution in [2.45, 2.75) is 39.5 Å². The van der Waals surface area contributed by atoms with Gasteiger partial charge in [-0.25, -0.2) is 9.37 Å². The molecule has 1 saturated heterocycles. The minimum Gasteiger partial charge on any atom is -0.372 e. The lowest BCUT2D eigenvalue weighted by Gasteiger charge is -2.37. The van der Waals surface area contributed by atoms with E-state index in [4.69, 9.17) is 4.74 Å². The summed E-state index contributed by atoms with van der Waals surface area (Å²) in [7, 11) is 0. The lowest BCUT2D eigenvalue weighted by atomic mass is 10.1. The van der Waals surface area contributed by atoms with Crippen molar-refractivity contribution < 1.29 is 13.9 Å². The van der Waals surface area contributed by atoms with Crippen molar-refractivity contribution >= 4 is 11.6 Å². The van der Waals surface area contributed by atoms with Gasteiger partial charge in [-0.1, -0.05) is 6.07 Å². The van der Waals surface area contributed by atoms with E-state index in [-0.39, 0.29) is 36.2 Å². The second kappa shape index (κ2) is 7.78. The first-order chi connectivity index (χ1) is 12.4. The molecule has 7 heteroatoms. The summed E-state index contributed by atoms with van der Waals surface area (Å²) < 4.78 is 20.3. The van der Waals surface area contributed by atoms with Gasteiger partial charge in [0.2, 0.25) is 0 Å². The molecule has 2 heterocycles. The van der Waals surface area contributed by atoms with E-state index in [2.05, 4.69) is 15.3 Å². The Bertz CT molecular complexity index is 772. The molecular formula is C19H23FN4O2. The van der Waals surface area contributed by atoms with Gasteiger partial charge in [0.15, 0.2) is 0 Å². The molecule has 1 aliphatic heterocycles. The van der Waals surface area contributed by atoms with Crippen LogP contribution in [0.5, 0.6) is 0 Å². The first-order valence-electron chi connectivity index (χ1n) is 8.68. The molecule has 1 aromatic carbocycles. The smallest absolute Gasteiger partial charge is 0.271 e. The highest BCUT2D eigenvalue weighted by Gasteiger charge is 2.24. The first-order valence-corrected chi connectivity index (χ1v) is 8.68. The highest BCUT2D eigenvalue weighted by atomic mass is 19.1. The standard InChI is InChI=1S/C19H23FN4O2/c1-12-7-22-17(9-21-12)19(25)23-8-15-4-5-18(16(20)6-15)24-10-13(2)26-14(3)11-24/h4-7,9,13-14H,8,10-11H2,1-3H3,(H,23,25)/t13-,14-/m0/s1. The topological polar surface area (TPSA) is 67.4 Å². The Morgan fingerprint density at radius 2 is 2.00 bits per heavy atom. The van der Waals surface area contributed by atoms with E-state index in [0.29, 0.717) is 24.3 Å². The van der Waals surface area contributed by atoms with E-state index >= 15 is 0 Å². The van der Waals surface area contributed by atoms with Crippen LogP contribution in [0.1, 0.15) is 35.6 Å². The molecule has 1 aromatic heterocycles. The Kier molecular flexibility index (Phi) is 5.46. The van der Waals surface area contributed by atoms with Crippen molar-refractivity contribution in [2.75, 3.05) is 18.0 Å². The molecule has 0 spiro atoms. The Morgan fingerprint density at radius 3 is 2.62 bits per heavy atom. The number of carbonyl (C=O) groups is 1. The van der Waals surface area contributed by atoms with E-state index in [1.54, 1.807) is 13.0 Å². The molecule has 1 amide bonds. The van der Waals surface area contributed by atoms with Gasteiger partial charge in [-0.3, -0.25) is 9.78 Å². The molecule has 2 atom stereocenters. The third kappa shape index (κ3) is 4.35. The quantitative estimate of drug-likeness (QED) is 0.909. The van der Waals surface area contributed by atoms with Crippen LogP contribution in [-0.2, 0) is 11.3 Å². The van der Waals surface area contributed by atoms with Gasteiger partial charge in [0.25, 0.3) is 5.91 Å². The van der Waals surface area contributed by atoms with E-state index < -0.39 is 0 Å². The molecule has 2 aromatic rings. The van der Waals surface area contributed by atoms with Crippen LogP contribution in [0.2, 0.25) is 0 Å². The molecule has 0 radical (unpaired) electrons. The Labute approximate surface area is 152 Å². The van der Waals surface area contributed by atoms with Crippen molar-refractivity contribution in [3.8, 4) is 0 Å². The fraction of sp³-hybridized carbons (Fsp3) is 0.421. The number of hydrogen-bond acceptors (Lipinski definition) is 5. The van der Waals surface area contributed by atoms with E-state index in [1.165, 1.54) is 18.5 Å². The normalized spacial score (nSPS) is 20.1. The summed E-state index contributed by atoms with van der Waals surface area (Å²) in [5.41, 5.74) is 2.23. The average Bonchev–Trinajstić information content (AvgIpc) is 2.59. The molecule has 0 saturated carbocycles. The van der Waals surface area contributed by atoms with Crippen LogP contribution in [0.25, 0.3) is 0 Å². The summed E-state index contributed by atoms with van der Waals surface area (Å²) in [6, 6.07) is 5.04. The number of benzene rings is 1. The summed E-state index contributed by atoms with van der Waals surface area (Å²) >= 11 is 0. The minimum absolute atomic E-state index is 0.0627. The third-order valence-corrected chi connectivity index (χ3v) is 4.24. The van der Waals surface area contributed by atoms with Crippen molar-refractivity contribution in [1.82, 2.24) is 15.3 Å². The summed E-state index contributed by atoms with van der Waals surface area (Å²) in [6.07, 6.45) is 3.09. The van der Waals surface area contributed by atoms with Gasteiger partial charge in [0.1, 0.15) is 11.5 Å². The highest BCUT2D eigenvalue weighted by molar-refractivity contribution is 5.91. The van der Waals surface area contributed by atoms with Gasteiger partial charge in [0.05, 0.1) is 29.8 Å². The molecule has 1 N–H and O–H groups in total. The predicted octanol–water partition coefficient (Wildman–Crippen LogP) is 2.47. The zero-order chi connectivity index (χ0) is 18.7. The SMILES string of the molecule is Cc1cnc(C(=O)NCc2ccc(N3C[C@H](C)O[C@@H](C)C3)c(F)c2)cn1. The Balaban J connectivity index is 1.64. The molecule has 6 nitrogen and oxygen atoms in total. The number of morpholine rings is 1. The molecule has 138 valence electrons. The van der Waals surface area contributed by atoms with Crippen LogP contribution >= 0.6 is 0 Å². The van der Waals surface area contributed by atoms with Crippen molar-refractivity contribution in [3.05, 3.63) is 53.4 Å². The number of rotatable bonds is 4. The number of carbonyl (C=O) groups excluding carboxylic acids is 1. The van der Waals surface area contributed by atoms with Crippen LogP contribution in [-0.4, -0.2) is 41.2 Å². The fourth-order valence-electron chi connectivity index (χ4n) is 3.07. The lowest BCUT2D eigenvalue weighted by Crippen LogP contribution is -2.45. The lowest BCUT2D eigenvalue weighted by molar-refractivity contribution is -0.00539. The van der Waals surface area contributed by atoms with E-state index in [0.717, 1.165) is 5.69 Å². The van der Waals surface area contributed by atoms with Gasteiger partial charge in [-0.15, -0.1) is 0 Å². The van der Waals surface area contributed by atoms with Crippen LogP contribution in [0.15, 0.2) is 30.6 Å². The zero-order valence-corrected chi connectivity index (χ0v) is 15.2. The van der Waals surface area contributed by atoms with E-state index in [1.807, 2.05) is 24.8 Å². The molecule has 1 fully saturated rings. The average molecular weight is 358 g/mol. The van der Waals surface area contributed by atoms with Gasteiger partial charge in [-0.2, -0.15) is 0 Å². The number of halogens is 1. The molecule has 26 heavy (non-hydrogen) atoms. The zero-order valence-electron chi connectivity index (χ0n) is 15.2. The highest BCUT2D eigenvalue weighted by Crippen LogP contribution is 2.24. The maximum atomic E-state index is 14.6. The number of nitrogens with one attached hydrogen (secondary N) is 1. The molecule has 3 rings (SSSR count). The molecule has 0 unspecified atom stereocenters. The minimum atomic E-state index is -0.335. The summed E-state index contributed by atoms with van der Waals surface area (Å²) in [5.74, 6) is -0.633. The summed E-state index contributed by atoms with van der Waals surface area (Å²) in [6.45, 7) is 7.31. The molecule has 0 bridgehead atoms. The number of amides is 1. The Hall–Kier alpha value is -2.54. The number of aryl methyl sites for hydroxylation is 1.